The third-order valence-electron chi connectivity index (χ3n) is 4.51. The lowest BCUT2D eigenvalue weighted by atomic mass is 10.2. The molecule has 32 heavy (non-hydrogen) atoms. The molecule has 2 aromatic carbocycles. The van der Waals surface area contributed by atoms with Gasteiger partial charge in [0, 0.05) is 18.6 Å². The summed E-state index contributed by atoms with van der Waals surface area (Å²) in [5, 5.41) is 28.7. The van der Waals surface area contributed by atoms with Crippen molar-refractivity contribution in [1.29, 1.82) is 0 Å². The number of nitrogens with zero attached hydrogens (tertiary/aromatic N) is 4. The zero-order chi connectivity index (χ0) is 23.3. The highest BCUT2D eigenvalue weighted by Gasteiger charge is 2.17. The number of hydrogen-bond donors (Lipinski definition) is 1. The summed E-state index contributed by atoms with van der Waals surface area (Å²) < 4.78 is 12.1. The van der Waals surface area contributed by atoms with Crippen LogP contribution in [0.1, 0.15) is 12.1 Å². The molecule has 3 aromatic rings. The van der Waals surface area contributed by atoms with Crippen LogP contribution in [0.4, 0.5) is 17.1 Å². The minimum absolute atomic E-state index is 0.0446. The summed E-state index contributed by atoms with van der Waals surface area (Å²) in [5.74, 6) is 0.776. The third-order valence-corrected chi connectivity index (χ3v) is 4.51. The summed E-state index contributed by atoms with van der Waals surface area (Å²) in [5.41, 5.74) is 0.110. The van der Waals surface area contributed by atoms with Gasteiger partial charge in [0.05, 0.1) is 35.3 Å². The number of nitrogens with one attached hydrogen (secondary N) is 1. The Hall–Kier alpha value is -4.48. The van der Waals surface area contributed by atoms with Gasteiger partial charge in [-0.15, -0.1) is 0 Å². The van der Waals surface area contributed by atoms with E-state index >= 15 is 0 Å². The third kappa shape index (κ3) is 5.36. The van der Waals surface area contributed by atoms with Gasteiger partial charge in [0.25, 0.3) is 5.69 Å². The fraction of sp³-hybridized carbons (Fsp3) is 0.200. The largest absolute Gasteiger partial charge is 0.497 e. The first-order valence-electron chi connectivity index (χ1n) is 9.35. The Bertz CT molecular complexity index is 1160. The van der Waals surface area contributed by atoms with Crippen molar-refractivity contribution in [2.45, 2.75) is 19.9 Å². The molecule has 0 aliphatic carbocycles. The maximum atomic E-state index is 12.3. The van der Waals surface area contributed by atoms with Crippen molar-refractivity contribution in [3.8, 4) is 17.2 Å². The van der Waals surface area contributed by atoms with Gasteiger partial charge in [-0.1, -0.05) is 0 Å². The number of non-ortho nitro benzene ring substituents is 1. The molecular weight excluding hydrogens is 422 g/mol. The molecule has 0 saturated carbocycles. The molecule has 12 heteroatoms. The van der Waals surface area contributed by atoms with E-state index in [1.807, 2.05) is 0 Å². The van der Waals surface area contributed by atoms with Crippen LogP contribution in [0.15, 0.2) is 48.7 Å². The van der Waals surface area contributed by atoms with Gasteiger partial charge in [0.1, 0.15) is 29.1 Å². The molecule has 0 unspecified atom stereocenters. The number of amides is 1. The maximum absolute atomic E-state index is 12.3. The van der Waals surface area contributed by atoms with E-state index < -0.39 is 15.8 Å². The van der Waals surface area contributed by atoms with Gasteiger partial charge in [0.2, 0.25) is 5.91 Å². The molecule has 1 aromatic heterocycles. The van der Waals surface area contributed by atoms with Gasteiger partial charge in [-0.25, -0.2) is 0 Å². The number of aromatic nitrogens is 2. The molecule has 3 rings (SSSR count). The molecule has 1 amide bonds. The summed E-state index contributed by atoms with van der Waals surface area (Å²) in [6.07, 6.45) is 1.08. The quantitative estimate of drug-likeness (QED) is 0.388. The number of anilines is 1. The van der Waals surface area contributed by atoms with E-state index in [1.165, 1.54) is 36.9 Å². The Morgan fingerprint density at radius 2 is 1.75 bits per heavy atom. The summed E-state index contributed by atoms with van der Waals surface area (Å²) >= 11 is 0. The average Bonchev–Trinajstić information content (AvgIpc) is 3.13. The number of carbonyl (C=O) groups is 1. The molecular formula is C20H19N5O7. The molecule has 0 atom stereocenters. The van der Waals surface area contributed by atoms with Crippen LogP contribution in [-0.2, 0) is 11.3 Å². The van der Waals surface area contributed by atoms with Crippen LogP contribution in [-0.4, -0.2) is 32.6 Å². The van der Waals surface area contributed by atoms with Gasteiger partial charge in [-0.05, 0) is 31.2 Å². The van der Waals surface area contributed by atoms with Crippen LogP contribution in [0.25, 0.3) is 0 Å². The molecule has 0 bridgehead atoms. The van der Waals surface area contributed by atoms with Crippen molar-refractivity contribution in [3.63, 3.8) is 0 Å². The molecule has 0 aliphatic rings. The van der Waals surface area contributed by atoms with Gasteiger partial charge in [-0.3, -0.25) is 29.7 Å². The molecule has 166 valence electrons. The number of benzene rings is 2. The fourth-order valence-corrected chi connectivity index (χ4v) is 2.87. The normalized spacial score (nSPS) is 10.4. The molecule has 1 heterocycles. The Labute approximate surface area is 181 Å². The zero-order valence-corrected chi connectivity index (χ0v) is 17.2. The summed E-state index contributed by atoms with van der Waals surface area (Å²) in [4.78, 5) is 33.4. The number of methoxy groups -OCH3 is 1. The smallest absolute Gasteiger partial charge is 0.309 e. The zero-order valence-electron chi connectivity index (χ0n) is 17.2. The summed E-state index contributed by atoms with van der Waals surface area (Å²) in [7, 11) is 1.53. The molecule has 1 N–H and O–H groups in total. The number of carbonyl (C=O) groups excluding carboxylic acids is 1. The van der Waals surface area contributed by atoms with E-state index in [9.17, 15) is 25.0 Å². The number of hydrogen-bond acceptors (Lipinski definition) is 8. The lowest BCUT2D eigenvalue weighted by Gasteiger charge is -2.10. The summed E-state index contributed by atoms with van der Waals surface area (Å²) in [6.45, 7) is 1.64. The molecule has 0 spiro atoms. The second-order valence-electron chi connectivity index (χ2n) is 6.64. The van der Waals surface area contributed by atoms with Crippen molar-refractivity contribution in [2.24, 2.45) is 0 Å². The average molecular weight is 441 g/mol. The van der Waals surface area contributed by atoms with Gasteiger partial charge >= 0.3 is 5.69 Å². The van der Waals surface area contributed by atoms with E-state index in [-0.39, 0.29) is 35.8 Å². The SMILES string of the molecule is COc1ccc(Oc2cc(NC(=O)CCn3ncc([N+](=O)[O-])c3C)cc([N+](=O)[O-])c2)cc1. The minimum atomic E-state index is -0.594. The Kier molecular flexibility index (Phi) is 6.63. The first-order chi connectivity index (χ1) is 15.3. The standard InChI is InChI=1S/C20H19N5O7/c1-13-19(25(29)30)12-21-23(13)8-7-20(26)22-14-9-15(24(27)28)11-18(10-14)32-17-5-3-16(31-2)4-6-17/h3-6,9-12H,7-8H2,1-2H3,(H,22,26). The molecule has 0 aliphatic heterocycles. The van der Waals surface area contributed by atoms with Gasteiger partial charge < -0.3 is 14.8 Å². The van der Waals surface area contributed by atoms with Gasteiger partial charge in [-0.2, -0.15) is 5.10 Å². The molecule has 12 nitrogen and oxygen atoms in total. The topological polar surface area (TPSA) is 152 Å². The van der Waals surface area contributed by atoms with Crippen LogP contribution >= 0.6 is 0 Å². The minimum Gasteiger partial charge on any atom is -0.497 e. The van der Waals surface area contributed by atoms with Crippen molar-refractivity contribution < 1.29 is 24.1 Å². The Morgan fingerprint density at radius 1 is 1.06 bits per heavy atom. The highest BCUT2D eigenvalue weighted by atomic mass is 16.6. The second-order valence-corrected chi connectivity index (χ2v) is 6.64. The highest BCUT2D eigenvalue weighted by molar-refractivity contribution is 5.91. The number of nitro groups is 2. The van der Waals surface area contributed by atoms with E-state index in [0.717, 1.165) is 6.20 Å². The fourth-order valence-electron chi connectivity index (χ4n) is 2.87. The number of rotatable bonds is 9. The van der Waals surface area contributed by atoms with Crippen LogP contribution in [0.3, 0.4) is 0 Å². The van der Waals surface area contributed by atoms with E-state index in [2.05, 4.69) is 10.4 Å². The van der Waals surface area contributed by atoms with Crippen molar-refractivity contribution in [2.75, 3.05) is 12.4 Å². The van der Waals surface area contributed by atoms with E-state index in [1.54, 1.807) is 24.3 Å². The lowest BCUT2D eigenvalue weighted by molar-refractivity contribution is -0.385. The highest BCUT2D eigenvalue weighted by Crippen LogP contribution is 2.30. The number of ether oxygens (including phenoxy) is 2. The molecule has 0 saturated heterocycles. The lowest BCUT2D eigenvalue weighted by Crippen LogP contribution is -2.15. The predicted octanol–water partition coefficient (Wildman–Crippen LogP) is 3.84. The first kappa shape index (κ1) is 22.2. The van der Waals surface area contributed by atoms with Crippen LogP contribution in [0.2, 0.25) is 0 Å². The molecule has 0 fully saturated rings. The first-order valence-corrected chi connectivity index (χ1v) is 9.35. The predicted molar refractivity (Wildman–Crippen MR) is 113 cm³/mol. The van der Waals surface area contributed by atoms with Crippen molar-refractivity contribution >= 4 is 23.0 Å². The van der Waals surface area contributed by atoms with E-state index in [0.29, 0.717) is 17.2 Å². The second kappa shape index (κ2) is 9.55. The van der Waals surface area contributed by atoms with Crippen LogP contribution in [0, 0.1) is 27.2 Å². The van der Waals surface area contributed by atoms with Crippen molar-refractivity contribution in [3.05, 3.63) is 74.6 Å². The molecule has 0 radical (unpaired) electrons. The van der Waals surface area contributed by atoms with E-state index in [4.69, 9.17) is 9.47 Å². The maximum Gasteiger partial charge on any atom is 0.309 e. The Balaban J connectivity index is 1.71. The summed E-state index contributed by atoms with van der Waals surface area (Å²) in [6, 6.07) is 10.5. The number of nitro benzene ring substituents is 1. The monoisotopic (exact) mass is 441 g/mol. The number of aryl methyl sites for hydroxylation is 1. The Morgan fingerprint density at radius 3 is 2.34 bits per heavy atom. The van der Waals surface area contributed by atoms with Crippen LogP contribution < -0.4 is 14.8 Å². The van der Waals surface area contributed by atoms with Gasteiger partial charge in [0.15, 0.2) is 0 Å². The van der Waals surface area contributed by atoms with Crippen molar-refractivity contribution in [1.82, 2.24) is 9.78 Å². The van der Waals surface area contributed by atoms with Crippen LogP contribution in [0.5, 0.6) is 17.2 Å².